The monoisotopic (exact) mass is 414 g/mol. The van der Waals surface area contributed by atoms with Crippen LogP contribution in [-0.2, 0) is 19.8 Å². The van der Waals surface area contributed by atoms with Crippen molar-refractivity contribution in [1.29, 1.82) is 0 Å². The van der Waals surface area contributed by atoms with Gasteiger partial charge in [-0.1, -0.05) is 37.5 Å². The van der Waals surface area contributed by atoms with Crippen LogP contribution in [0.25, 0.3) is 11.0 Å². The summed E-state index contributed by atoms with van der Waals surface area (Å²) in [6, 6.07) is 6.58. The zero-order valence-corrected chi connectivity index (χ0v) is 17.3. The molecule has 3 aromatic rings. The molecule has 6 nitrogen and oxygen atoms in total. The molecule has 0 spiro atoms. The lowest BCUT2D eigenvalue weighted by Crippen LogP contribution is -2.38. The Bertz CT molecular complexity index is 1180. The highest BCUT2D eigenvalue weighted by Gasteiger charge is 2.23. The first-order valence-electron chi connectivity index (χ1n) is 9.81. The van der Waals surface area contributed by atoms with Gasteiger partial charge in [0.05, 0.1) is 0 Å². The number of hydrogen-bond donors (Lipinski definition) is 0. The Labute approximate surface area is 171 Å². The van der Waals surface area contributed by atoms with Crippen molar-refractivity contribution < 1.29 is 4.39 Å². The minimum Gasteiger partial charge on any atom is -0.280 e. The number of benzene rings is 1. The maximum Gasteiger partial charge on any atom is 0.332 e. The molecular formula is C21H23FN4O2S. The molecule has 0 radical (unpaired) electrons. The summed E-state index contributed by atoms with van der Waals surface area (Å²) in [6.45, 7) is 0. The van der Waals surface area contributed by atoms with E-state index in [0.717, 1.165) is 30.3 Å². The fourth-order valence-corrected chi connectivity index (χ4v) is 4.86. The number of aryl methyl sites for hydroxylation is 1. The zero-order chi connectivity index (χ0) is 20.5. The van der Waals surface area contributed by atoms with Gasteiger partial charge in [0, 0.05) is 25.8 Å². The number of rotatable bonds is 4. The topological polar surface area (TPSA) is 69.8 Å². The predicted molar refractivity (Wildman–Crippen MR) is 112 cm³/mol. The fourth-order valence-electron chi connectivity index (χ4n) is 3.85. The van der Waals surface area contributed by atoms with Crippen LogP contribution < -0.4 is 11.2 Å². The third kappa shape index (κ3) is 3.73. The van der Waals surface area contributed by atoms with Gasteiger partial charge in [-0.3, -0.25) is 13.9 Å². The molecule has 1 saturated carbocycles. The van der Waals surface area contributed by atoms with Crippen LogP contribution in [0.5, 0.6) is 0 Å². The first-order valence-corrected chi connectivity index (χ1v) is 10.8. The molecule has 0 N–H and O–H groups in total. The van der Waals surface area contributed by atoms with E-state index >= 15 is 0 Å². The van der Waals surface area contributed by atoms with Gasteiger partial charge in [0.15, 0.2) is 5.65 Å². The normalized spacial score (nSPS) is 15.1. The molecule has 1 fully saturated rings. The number of nitrogens with zero attached hydrogens (tertiary/aromatic N) is 4. The summed E-state index contributed by atoms with van der Waals surface area (Å²) in [5.41, 5.74) is 0.0602. The van der Waals surface area contributed by atoms with E-state index < -0.39 is 11.2 Å². The second kappa shape index (κ2) is 8.10. The molecule has 0 aliphatic heterocycles. The maximum atomic E-state index is 14.1. The van der Waals surface area contributed by atoms with Crippen LogP contribution in [0, 0.1) is 5.82 Å². The third-order valence-electron chi connectivity index (χ3n) is 5.58. The smallest absolute Gasteiger partial charge is 0.280 e. The maximum absolute atomic E-state index is 14.1. The molecule has 8 heteroatoms. The SMILES string of the molecule is Cn1c(=O)c2c(SCc3ccccc3F)nc(C3CCCCC3)nc2n(C)c1=O. The van der Waals surface area contributed by atoms with Gasteiger partial charge in [0.2, 0.25) is 0 Å². The van der Waals surface area contributed by atoms with Gasteiger partial charge in [-0.2, -0.15) is 0 Å². The van der Waals surface area contributed by atoms with Gasteiger partial charge in [-0.15, -0.1) is 11.8 Å². The van der Waals surface area contributed by atoms with Crippen LogP contribution in [0.4, 0.5) is 4.39 Å². The molecule has 29 heavy (non-hydrogen) atoms. The summed E-state index contributed by atoms with van der Waals surface area (Å²) < 4.78 is 16.5. The largest absolute Gasteiger partial charge is 0.332 e. The first-order chi connectivity index (χ1) is 14.0. The van der Waals surface area contributed by atoms with Crippen LogP contribution in [0.1, 0.15) is 49.4 Å². The van der Waals surface area contributed by atoms with E-state index in [1.165, 1.54) is 35.9 Å². The standard InChI is InChI=1S/C21H23FN4O2S/c1-25-18-16(20(27)26(2)21(25)28)19(29-12-14-10-6-7-11-15(14)22)24-17(23-18)13-8-4-3-5-9-13/h6-7,10-11,13H,3-5,8-9,12H2,1-2H3. The number of hydrogen-bond acceptors (Lipinski definition) is 5. The molecule has 1 aromatic carbocycles. The lowest BCUT2D eigenvalue weighted by atomic mass is 9.89. The Kier molecular flexibility index (Phi) is 5.54. The Morgan fingerprint density at radius 1 is 1.07 bits per heavy atom. The van der Waals surface area contributed by atoms with Gasteiger partial charge < -0.3 is 0 Å². The number of fused-ring (bicyclic) bond motifs is 1. The molecular weight excluding hydrogens is 391 g/mol. The van der Waals surface area contributed by atoms with Crippen LogP contribution >= 0.6 is 11.8 Å². The van der Waals surface area contributed by atoms with Crippen molar-refractivity contribution in [3.05, 3.63) is 62.3 Å². The van der Waals surface area contributed by atoms with Crippen LogP contribution in [0.15, 0.2) is 38.9 Å². The zero-order valence-electron chi connectivity index (χ0n) is 16.5. The van der Waals surface area contributed by atoms with E-state index in [2.05, 4.69) is 4.98 Å². The average Bonchev–Trinajstić information content (AvgIpc) is 2.75. The van der Waals surface area contributed by atoms with Gasteiger partial charge in [-0.05, 0) is 24.5 Å². The van der Waals surface area contributed by atoms with Crippen molar-refractivity contribution in [1.82, 2.24) is 19.1 Å². The molecule has 0 saturated heterocycles. The van der Waals surface area contributed by atoms with Gasteiger partial charge in [-0.25, -0.2) is 19.2 Å². The predicted octanol–water partition coefficient (Wildman–Crippen LogP) is 3.51. The quantitative estimate of drug-likeness (QED) is 0.483. The van der Waals surface area contributed by atoms with Crippen LogP contribution in [-0.4, -0.2) is 19.1 Å². The van der Waals surface area contributed by atoms with Gasteiger partial charge in [0.1, 0.15) is 22.1 Å². The number of aromatic nitrogens is 4. The Balaban J connectivity index is 1.86. The second-order valence-electron chi connectivity index (χ2n) is 7.51. The highest BCUT2D eigenvalue weighted by atomic mass is 32.2. The molecule has 0 unspecified atom stereocenters. The molecule has 0 bridgehead atoms. The lowest BCUT2D eigenvalue weighted by Gasteiger charge is -2.21. The van der Waals surface area contributed by atoms with Crippen molar-refractivity contribution >= 4 is 22.8 Å². The lowest BCUT2D eigenvalue weighted by molar-refractivity contribution is 0.427. The molecule has 4 rings (SSSR count). The first kappa shape index (κ1) is 19.8. The summed E-state index contributed by atoms with van der Waals surface area (Å²) in [4.78, 5) is 34.7. The Morgan fingerprint density at radius 3 is 2.52 bits per heavy atom. The van der Waals surface area contributed by atoms with E-state index in [0.29, 0.717) is 33.2 Å². The molecule has 0 amide bonds. The second-order valence-corrected chi connectivity index (χ2v) is 8.47. The summed E-state index contributed by atoms with van der Waals surface area (Å²) in [5.74, 6) is 0.956. The van der Waals surface area contributed by atoms with Gasteiger partial charge >= 0.3 is 5.69 Å². The highest BCUT2D eigenvalue weighted by Crippen LogP contribution is 2.34. The minimum absolute atomic E-state index is 0.222. The van der Waals surface area contributed by atoms with Crippen LogP contribution in [0.2, 0.25) is 0 Å². The van der Waals surface area contributed by atoms with Gasteiger partial charge in [0.25, 0.3) is 5.56 Å². The molecule has 152 valence electrons. The van der Waals surface area contributed by atoms with E-state index in [9.17, 15) is 14.0 Å². The fraction of sp³-hybridized carbons (Fsp3) is 0.429. The number of thioether (sulfide) groups is 1. The molecule has 2 heterocycles. The molecule has 0 atom stereocenters. The average molecular weight is 415 g/mol. The van der Waals surface area contributed by atoms with Crippen molar-refractivity contribution in [3.63, 3.8) is 0 Å². The van der Waals surface area contributed by atoms with E-state index in [1.54, 1.807) is 25.2 Å². The Hall–Kier alpha value is -2.48. The summed E-state index contributed by atoms with van der Waals surface area (Å²) >= 11 is 1.31. The third-order valence-corrected chi connectivity index (χ3v) is 6.60. The molecule has 1 aliphatic carbocycles. The van der Waals surface area contributed by atoms with E-state index in [4.69, 9.17) is 4.98 Å². The van der Waals surface area contributed by atoms with Crippen molar-refractivity contribution in [2.24, 2.45) is 14.1 Å². The summed E-state index contributed by atoms with van der Waals surface area (Å²) in [6.07, 6.45) is 5.46. The molecule has 1 aliphatic rings. The summed E-state index contributed by atoms with van der Waals surface area (Å²) in [7, 11) is 3.07. The van der Waals surface area contributed by atoms with E-state index in [-0.39, 0.29) is 11.7 Å². The molecule has 2 aromatic heterocycles. The van der Waals surface area contributed by atoms with Crippen molar-refractivity contribution in [2.75, 3.05) is 0 Å². The highest BCUT2D eigenvalue weighted by molar-refractivity contribution is 7.98. The van der Waals surface area contributed by atoms with Crippen LogP contribution in [0.3, 0.4) is 0 Å². The number of halogens is 1. The summed E-state index contributed by atoms with van der Waals surface area (Å²) in [5, 5.41) is 0.825. The minimum atomic E-state index is -0.422. The Morgan fingerprint density at radius 2 is 1.79 bits per heavy atom. The van der Waals surface area contributed by atoms with Crippen molar-refractivity contribution in [2.45, 2.75) is 48.8 Å². The van der Waals surface area contributed by atoms with E-state index in [1.807, 2.05) is 0 Å². The van der Waals surface area contributed by atoms with Crippen molar-refractivity contribution in [3.8, 4) is 0 Å².